The fourth-order valence-electron chi connectivity index (χ4n) is 5.45. The Morgan fingerprint density at radius 2 is 1.71 bits per heavy atom. The first-order chi connectivity index (χ1) is 23.2. The number of carbonyl (C=O) groups excluding carboxylic acids is 2. The number of anilines is 5. The predicted octanol–water partition coefficient (Wildman–Crippen LogP) is 4.57. The predicted molar refractivity (Wildman–Crippen MR) is 181 cm³/mol. The standard InChI is InChI=1S/C34H37F2N7O5/c1-5-29(45)39-26-16-21(43-12-10-42(6-2)11-13-43)7-8-23(26)40-34-38-19-20-15-22(25(37-9-14-44)17-24(20)41-34)33(46)30-31(35)27(47-3)18-28(48-4)32(30)36/h5,7-8,15-19,37,44H,1,6,9-14H2,2-4H3,(H,39,45)(H,38,40,41). The lowest BCUT2D eigenvalue weighted by molar-refractivity contribution is -0.111. The Kier molecular flexibility index (Phi) is 10.7. The van der Waals surface area contributed by atoms with Gasteiger partial charge >= 0.3 is 0 Å². The third-order valence-corrected chi connectivity index (χ3v) is 8.07. The van der Waals surface area contributed by atoms with Crippen molar-refractivity contribution >= 4 is 51.3 Å². The van der Waals surface area contributed by atoms with Crippen molar-refractivity contribution in [2.24, 2.45) is 0 Å². The number of ether oxygens (including phenoxy) is 2. The van der Waals surface area contributed by atoms with Crippen molar-refractivity contribution in [3.8, 4) is 11.5 Å². The van der Waals surface area contributed by atoms with Gasteiger partial charge in [0.1, 0.15) is 5.56 Å². The maximum absolute atomic E-state index is 15.3. The summed E-state index contributed by atoms with van der Waals surface area (Å²) in [6.45, 7) is 10.0. The molecule has 4 aromatic rings. The minimum atomic E-state index is -1.18. The molecule has 1 amide bonds. The molecule has 1 saturated heterocycles. The zero-order valence-corrected chi connectivity index (χ0v) is 26.9. The second-order valence-electron chi connectivity index (χ2n) is 10.9. The van der Waals surface area contributed by atoms with Gasteiger partial charge in [0.15, 0.2) is 23.1 Å². The van der Waals surface area contributed by atoms with E-state index in [1.54, 1.807) is 0 Å². The number of piperazine rings is 1. The molecule has 4 N–H and O–H groups in total. The fourth-order valence-corrected chi connectivity index (χ4v) is 5.45. The average Bonchev–Trinajstić information content (AvgIpc) is 3.11. The van der Waals surface area contributed by atoms with E-state index in [-0.39, 0.29) is 47.8 Å². The maximum Gasteiger partial charge on any atom is 0.247 e. The molecule has 1 aromatic heterocycles. The lowest BCUT2D eigenvalue weighted by atomic mass is 9.98. The number of halogens is 2. The highest BCUT2D eigenvalue weighted by molar-refractivity contribution is 6.15. The molecular formula is C34H37F2N7O5. The fraction of sp³-hybridized carbons (Fsp3) is 0.294. The summed E-state index contributed by atoms with van der Waals surface area (Å²) in [5.74, 6) is -4.28. The number of aliphatic hydroxyl groups is 1. The number of amides is 1. The monoisotopic (exact) mass is 661 g/mol. The molecule has 0 unspecified atom stereocenters. The zero-order chi connectivity index (χ0) is 34.4. The van der Waals surface area contributed by atoms with Gasteiger partial charge in [0.25, 0.3) is 0 Å². The van der Waals surface area contributed by atoms with Crippen LogP contribution in [0, 0.1) is 11.6 Å². The van der Waals surface area contributed by atoms with E-state index < -0.39 is 23.0 Å². The van der Waals surface area contributed by atoms with Gasteiger partial charge in [-0.15, -0.1) is 0 Å². The van der Waals surface area contributed by atoms with E-state index in [1.807, 2.05) is 18.2 Å². The number of carbonyl (C=O) groups is 2. The van der Waals surface area contributed by atoms with Crippen molar-refractivity contribution in [2.75, 3.05) is 80.9 Å². The van der Waals surface area contributed by atoms with Crippen LogP contribution < -0.4 is 30.3 Å². The van der Waals surface area contributed by atoms with Gasteiger partial charge in [-0.05, 0) is 43.0 Å². The minimum Gasteiger partial charge on any atom is -0.494 e. The van der Waals surface area contributed by atoms with Crippen molar-refractivity contribution in [3.05, 3.63) is 78.0 Å². The Hall–Kier alpha value is -5.34. The molecule has 0 bridgehead atoms. The Morgan fingerprint density at radius 3 is 2.33 bits per heavy atom. The molecule has 12 nitrogen and oxygen atoms in total. The number of ketones is 1. The smallest absolute Gasteiger partial charge is 0.247 e. The number of fused-ring (bicyclic) bond motifs is 1. The summed E-state index contributed by atoms with van der Waals surface area (Å²) < 4.78 is 40.5. The highest BCUT2D eigenvalue weighted by Crippen LogP contribution is 2.35. The van der Waals surface area contributed by atoms with Gasteiger partial charge in [0, 0.05) is 67.3 Å². The van der Waals surface area contributed by atoms with Crippen molar-refractivity contribution in [3.63, 3.8) is 0 Å². The molecule has 0 saturated carbocycles. The third-order valence-electron chi connectivity index (χ3n) is 8.07. The molecule has 0 radical (unpaired) electrons. The molecule has 1 aliphatic heterocycles. The number of nitrogens with one attached hydrogen (secondary N) is 3. The van der Waals surface area contributed by atoms with Gasteiger partial charge in [-0.2, -0.15) is 0 Å². The van der Waals surface area contributed by atoms with Crippen LogP contribution in [0.3, 0.4) is 0 Å². The van der Waals surface area contributed by atoms with Crippen LogP contribution >= 0.6 is 0 Å². The number of hydrogen-bond donors (Lipinski definition) is 4. The highest BCUT2D eigenvalue weighted by atomic mass is 19.1. The molecule has 2 heterocycles. The Balaban J connectivity index is 1.50. The molecule has 5 rings (SSSR count). The van der Waals surface area contributed by atoms with Crippen molar-refractivity contribution < 1.29 is 33.0 Å². The molecule has 14 heteroatoms. The number of nitrogens with zero attached hydrogens (tertiary/aromatic N) is 4. The molecule has 0 spiro atoms. The van der Waals surface area contributed by atoms with Crippen LogP contribution in [0.15, 0.2) is 55.3 Å². The molecule has 1 aliphatic rings. The summed E-state index contributed by atoms with van der Waals surface area (Å²) in [4.78, 5) is 39.7. The van der Waals surface area contributed by atoms with Crippen molar-refractivity contribution in [1.82, 2.24) is 14.9 Å². The third kappa shape index (κ3) is 7.14. The number of aliphatic hydroxyl groups excluding tert-OH is 1. The van der Waals surface area contributed by atoms with E-state index in [4.69, 9.17) is 9.47 Å². The van der Waals surface area contributed by atoms with Crippen molar-refractivity contribution in [2.45, 2.75) is 6.92 Å². The van der Waals surface area contributed by atoms with Gasteiger partial charge < -0.3 is 40.3 Å². The van der Waals surface area contributed by atoms with E-state index in [0.717, 1.165) is 44.5 Å². The minimum absolute atomic E-state index is 0.0422. The van der Waals surface area contributed by atoms with Crippen molar-refractivity contribution in [1.29, 1.82) is 0 Å². The normalized spacial score (nSPS) is 13.2. The molecule has 1 fully saturated rings. The summed E-state index contributed by atoms with van der Waals surface area (Å²) in [6, 6.07) is 9.62. The van der Waals surface area contributed by atoms with E-state index in [2.05, 4.69) is 49.2 Å². The van der Waals surface area contributed by atoms with Crippen LogP contribution in [-0.2, 0) is 4.79 Å². The number of rotatable bonds is 13. The summed E-state index contributed by atoms with van der Waals surface area (Å²) in [5, 5.41) is 18.8. The number of likely N-dealkylation sites (N-methyl/N-ethyl adjacent to an activating group) is 1. The quantitative estimate of drug-likeness (QED) is 0.118. The van der Waals surface area contributed by atoms with E-state index in [9.17, 15) is 14.7 Å². The highest BCUT2D eigenvalue weighted by Gasteiger charge is 2.28. The molecular weight excluding hydrogens is 624 g/mol. The van der Waals surface area contributed by atoms with Crippen LogP contribution in [0.5, 0.6) is 11.5 Å². The molecule has 3 aromatic carbocycles. The zero-order valence-electron chi connectivity index (χ0n) is 26.9. The molecule has 252 valence electrons. The van der Waals surface area contributed by atoms with Gasteiger partial charge in [-0.1, -0.05) is 13.5 Å². The molecule has 48 heavy (non-hydrogen) atoms. The summed E-state index contributed by atoms with van der Waals surface area (Å²) in [7, 11) is 2.38. The van der Waals surface area contributed by atoms with Crippen LogP contribution in [0.25, 0.3) is 10.9 Å². The first-order valence-corrected chi connectivity index (χ1v) is 15.3. The SMILES string of the molecule is C=CC(=O)Nc1cc(N2CCN(CC)CC2)ccc1Nc1ncc2cc(C(=O)c3c(F)c(OC)cc(OC)c3F)c(NCCO)cc2n1. The Labute approximate surface area is 276 Å². The Morgan fingerprint density at radius 1 is 1.00 bits per heavy atom. The summed E-state index contributed by atoms with van der Waals surface area (Å²) in [5.41, 5.74) is 1.61. The van der Waals surface area contributed by atoms with Crippen LogP contribution in [-0.4, -0.2) is 91.8 Å². The average molecular weight is 662 g/mol. The topological polar surface area (TPSA) is 141 Å². The van der Waals surface area contributed by atoms with Crippen LogP contribution in [0.4, 0.5) is 37.5 Å². The number of methoxy groups -OCH3 is 2. The largest absolute Gasteiger partial charge is 0.494 e. The lowest BCUT2D eigenvalue weighted by Crippen LogP contribution is -2.46. The van der Waals surface area contributed by atoms with E-state index >= 15 is 8.78 Å². The van der Waals surface area contributed by atoms with Gasteiger partial charge in [0.05, 0.1) is 37.7 Å². The van der Waals surface area contributed by atoms with Gasteiger partial charge in [0.2, 0.25) is 17.6 Å². The Bertz CT molecular complexity index is 1820. The number of hydrogen-bond acceptors (Lipinski definition) is 11. The first-order valence-electron chi connectivity index (χ1n) is 15.3. The van der Waals surface area contributed by atoms with Crippen LogP contribution in [0.2, 0.25) is 0 Å². The molecule has 0 atom stereocenters. The van der Waals surface area contributed by atoms with Gasteiger partial charge in [-0.25, -0.2) is 18.7 Å². The molecule has 0 aliphatic carbocycles. The van der Waals surface area contributed by atoms with Gasteiger partial charge in [-0.3, -0.25) is 9.59 Å². The second kappa shape index (κ2) is 15.0. The summed E-state index contributed by atoms with van der Waals surface area (Å²) >= 11 is 0. The van der Waals surface area contributed by atoms with E-state index in [1.165, 1.54) is 38.6 Å². The van der Waals surface area contributed by atoms with Crippen LogP contribution in [0.1, 0.15) is 22.8 Å². The number of benzene rings is 3. The second-order valence-corrected chi connectivity index (χ2v) is 10.9. The maximum atomic E-state index is 15.3. The number of aromatic nitrogens is 2. The lowest BCUT2D eigenvalue weighted by Gasteiger charge is -2.35. The first kappa shape index (κ1) is 34.0. The van der Waals surface area contributed by atoms with E-state index in [0.29, 0.717) is 22.3 Å². The summed E-state index contributed by atoms with van der Waals surface area (Å²) in [6.07, 6.45) is 2.64.